The molecule has 0 fully saturated rings. The molecule has 0 amide bonds. The second-order valence-electron chi connectivity index (χ2n) is 2.95. The minimum atomic E-state index is -0.350. The molecular formula is C10H11Cl2NO. The van der Waals surface area contributed by atoms with E-state index < -0.39 is 0 Å². The molecule has 0 saturated carbocycles. The van der Waals surface area contributed by atoms with Gasteiger partial charge in [0.05, 0.1) is 5.02 Å². The third-order valence-electron chi connectivity index (χ3n) is 1.86. The predicted molar refractivity (Wildman–Crippen MR) is 59.9 cm³/mol. The molecule has 1 aromatic rings. The lowest BCUT2D eigenvalue weighted by molar-refractivity contribution is 0.462. The summed E-state index contributed by atoms with van der Waals surface area (Å²) in [7, 11) is 0. The van der Waals surface area contributed by atoms with E-state index in [2.05, 4.69) is 6.58 Å². The molecule has 4 heteroatoms. The molecule has 3 N–H and O–H groups in total. The van der Waals surface area contributed by atoms with Crippen molar-refractivity contribution in [3.63, 3.8) is 0 Å². The highest BCUT2D eigenvalue weighted by atomic mass is 35.5. The fraction of sp³-hybridized carbons (Fsp3) is 0.200. The Morgan fingerprint density at radius 3 is 2.64 bits per heavy atom. The summed E-state index contributed by atoms with van der Waals surface area (Å²) >= 11 is 11.6. The molecule has 0 spiro atoms. The zero-order chi connectivity index (χ0) is 10.7. The van der Waals surface area contributed by atoms with Crippen molar-refractivity contribution in [3.8, 4) is 5.75 Å². The van der Waals surface area contributed by atoms with E-state index in [1.165, 1.54) is 6.07 Å². The third kappa shape index (κ3) is 2.41. The van der Waals surface area contributed by atoms with Crippen LogP contribution in [0.4, 0.5) is 0 Å². The molecule has 0 aliphatic carbocycles. The van der Waals surface area contributed by atoms with E-state index in [-0.39, 0.29) is 11.8 Å². The predicted octanol–water partition coefficient (Wildman–Crippen LogP) is 3.27. The van der Waals surface area contributed by atoms with Crippen molar-refractivity contribution in [2.45, 2.75) is 12.5 Å². The van der Waals surface area contributed by atoms with Gasteiger partial charge < -0.3 is 10.8 Å². The molecule has 0 radical (unpaired) electrons. The molecule has 0 aliphatic heterocycles. The van der Waals surface area contributed by atoms with Gasteiger partial charge in [-0.25, -0.2) is 0 Å². The Balaban J connectivity index is 3.13. The van der Waals surface area contributed by atoms with E-state index in [0.717, 1.165) is 0 Å². The molecule has 0 saturated heterocycles. The molecule has 0 unspecified atom stereocenters. The average Bonchev–Trinajstić information content (AvgIpc) is 2.01. The summed E-state index contributed by atoms with van der Waals surface area (Å²) in [5.74, 6) is 0.0249. The molecule has 76 valence electrons. The van der Waals surface area contributed by atoms with Crippen LogP contribution in [-0.2, 0) is 0 Å². The lowest BCUT2D eigenvalue weighted by Gasteiger charge is -2.13. The number of phenolic OH excluding ortho intramolecular Hbond substituents is 1. The summed E-state index contributed by atoms with van der Waals surface area (Å²) in [5.41, 5.74) is 6.31. The number of hydrogen-bond acceptors (Lipinski definition) is 2. The first-order valence-corrected chi connectivity index (χ1v) is 4.86. The van der Waals surface area contributed by atoms with Crippen molar-refractivity contribution in [2.24, 2.45) is 5.73 Å². The van der Waals surface area contributed by atoms with E-state index in [4.69, 9.17) is 28.9 Å². The Morgan fingerprint density at radius 1 is 1.50 bits per heavy atom. The molecule has 1 aromatic carbocycles. The monoisotopic (exact) mass is 231 g/mol. The van der Waals surface area contributed by atoms with Crippen molar-refractivity contribution in [2.75, 3.05) is 0 Å². The normalized spacial score (nSPS) is 12.5. The molecular weight excluding hydrogens is 221 g/mol. The van der Waals surface area contributed by atoms with Gasteiger partial charge in [0.1, 0.15) is 5.75 Å². The number of nitrogens with two attached hydrogens (primary N) is 1. The Hall–Kier alpha value is -0.700. The van der Waals surface area contributed by atoms with E-state index in [1.807, 2.05) is 0 Å². The number of rotatable bonds is 3. The SMILES string of the molecule is C=CC[C@@H](N)c1c(O)cc(Cl)cc1Cl. The fourth-order valence-electron chi connectivity index (χ4n) is 1.24. The van der Waals surface area contributed by atoms with Crippen LogP contribution in [0.2, 0.25) is 10.0 Å². The van der Waals surface area contributed by atoms with Gasteiger partial charge in [-0.05, 0) is 18.6 Å². The van der Waals surface area contributed by atoms with Crippen LogP contribution in [0.15, 0.2) is 24.8 Å². The quantitative estimate of drug-likeness (QED) is 0.785. The zero-order valence-electron chi connectivity index (χ0n) is 7.50. The fourth-order valence-corrected chi connectivity index (χ4v) is 1.86. The van der Waals surface area contributed by atoms with E-state index in [0.29, 0.717) is 22.0 Å². The summed E-state index contributed by atoms with van der Waals surface area (Å²) in [6.07, 6.45) is 2.23. The zero-order valence-corrected chi connectivity index (χ0v) is 9.02. The third-order valence-corrected chi connectivity index (χ3v) is 2.39. The van der Waals surface area contributed by atoms with Gasteiger partial charge in [-0.1, -0.05) is 29.3 Å². The summed E-state index contributed by atoms with van der Waals surface area (Å²) < 4.78 is 0. The number of benzene rings is 1. The van der Waals surface area contributed by atoms with Crippen LogP contribution >= 0.6 is 23.2 Å². The highest BCUT2D eigenvalue weighted by molar-refractivity contribution is 6.35. The maximum Gasteiger partial charge on any atom is 0.123 e. The molecule has 0 heterocycles. The van der Waals surface area contributed by atoms with Crippen LogP contribution in [0.5, 0.6) is 5.75 Å². The molecule has 0 bridgehead atoms. The van der Waals surface area contributed by atoms with Gasteiger partial charge >= 0.3 is 0 Å². The van der Waals surface area contributed by atoms with Crippen molar-refractivity contribution >= 4 is 23.2 Å². The van der Waals surface area contributed by atoms with E-state index in [9.17, 15) is 5.11 Å². The first-order chi connectivity index (χ1) is 6.56. The van der Waals surface area contributed by atoms with Crippen molar-refractivity contribution in [3.05, 3.63) is 40.4 Å². The Kier molecular flexibility index (Phi) is 3.81. The van der Waals surface area contributed by atoms with E-state index in [1.54, 1.807) is 12.1 Å². The Bertz CT molecular complexity index is 329. The highest BCUT2D eigenvalue weighted by Crippen LogP contribution is 2.34. The number of hydrogen-bond donors (Lipinski definition) is 2. The van der Waals surface area contributed by atoms with Crippen molar-refractivity contribution in [1.29, 1.82) is 0 Å². The topological polar surface area (TPSA) is 46.2 Å². The van der Waals surface area contributed by atoms with Gasteiger partial charge in [-0.15, -0.1) is 6.58 Å². The molecule has 0 aromatic heterocycles. The second kappa shape index (κ2) is 4.69. The van der Waals surface area contributed by atoms with Crippen molar-refractivity contribution in [1.82, 2.24) is 0 Å². The standard InChI is InChI=1S/C10H11Cl2NO/c1-2-3-8(13)10-7(12)4-6(11)5-9(10)14/h2,4-5,8,14H,1,3,13H2/t8-/m1/s1. The van der Waals surface area contributed by atoms with Gasteiger partial charge in [-0.3, -0.25) is 0 Å². The van der Waals surface area contributed by atoms with Crippen LogP contribution in [-0.4, -0.2) is 5.11 Å². The molecule has 0 aliphatic rings. The smallest absolute Gasteiger partial charge is 0.123 e. The van der Waals surface area contributed by atoms with Crippen LogP contribution in [0.3, 0.4) is 0 Å². The van der Waals surface area contributed by atoms with Gasteiger partial charge in [0.25, 0.3) is 0 Å². The maximum absolute atomic E-state index is 9.59. The first kappa shape index (κ1) is 11.4. The summed E-state index contributed by atoms with van der Waals surface area (Å²) in [4.78, 5) is 0. The second-order valence-corrected chi connectivity index (χ2v) is 3.79. The van der Waals surface area contributed by atoms with Gasteiger partial charge in [0.15, 0.2) is 0 Å². The minimum Gasteiger partial charge on any atom is -0.508 e. The lowest BCUT2D eigenvalue weighted by atomic mass is 10.0. The van der Waals surface area contributed by atoms with E-state index >= 15 is 0 Å². The Morgan fingerprint density at radius 2 is 2.14 bits per heavy atom. The van der Waals surface area contributed by atoms with Crippen LogP contribution in [0.25, 0.3) is 0 Å². The lowest BCUT2D eigenvalue weighted by Crippen LogP contribution is -2.09. The minimum absolute atomic E-state index is 0.0249. The summed E-state index contributed by atoms with van der Waals surface area (Å²) in [5, 5.41) is 10.4. The van der Waals surface area contributed by atoms with Crippen molar-refractivity contribution < 1.29 is 5.11 Å². The van der Waals surface area contributed by atoms with Gasteiger partial charge in [0, 0.05) is 16.6 Å². The molecule has 1 rings (SSSR count). The summed E-state index contributed by atoms with van der Waals surface area (Å²) in [6.45, 7) is 3.57. The average molecular weight is 232 g/mol. The van der Waals surface area contributed by atoms with Crippen LogP contribution in [0.1, 0.15) is 18.0 Å². The largest absolute Gasteiger partial charge is 0.508 e. The first-order valence-electron chi connectivity index (χ1n) is 4.10. The van der Waals surface area contributed by atoms with Gasteiger partial charge in [-0.2, -0.15) is 0 Å². The van der Waals surface area contributed by atoms with Crippen LogP contribution in [0, 0.1) is 0 Å². The number of phenols is 1. The highest BCUT2D eigenvalue weighted by Gasteiger charge is 2.14. The Labute approximate surface area is 92.9 Å². The molecule has 2 nitrogen and oxygen atoms in total. The van der Waals surface area contributed by atoms with Gasteiger partial charge in [0.2, 0.25) is 0 Å². The number of halogens is 2. The summed E-state index contributed by atoms with van der Waals surface area (Å²) in [6, 6.07) is 2.63. The molecule has 14 heavy (non-hydrogen) atoms. The molecule has 1 atom stereocenters. The van der Waals surface area contributed by atoms with Crippen LogP contribution < -0.4 is 5.73 Å². The maximum atomic E-state index is 9.59. The number of aromatic hydroxyl groups is 1.